The van der Waals surface area contributed by atoms with Crippen molar-refractivity contribution in [2.45, 2.75) is 58.1 Å². The van der Waals surface area contributed by atoms with Crippen molar-refractivity contribution in [2.75, 3.05) is 51.9 Å². The molecule has 1 aliphatic carbocycles. The monoisotopic (exact) mass is 655 g/mol. The molecule has 1 saturated carbocycles. The molecule has 48 heavy (non-hydrogen) atoms. The summed E-state index contributed by atoms with van der Waals surface area (Å²) in [6.45, 7) is 6.33. The maximum absolute atomic E-state index is 12.8. The highest BCUT2D eigenvalue weighted by molar-refractivity contribution is 5.99. The number of nitrogens with zero attached hydrogens (tertiary/aromatic N) is 2. The third kappa shape index (κ3) is 7.36. The highest BCUT2D eigenvalue weighted by Crippen LogP contribution is 2.44. The molecule has 3 aromatic carbocycles. The number of benzene rings is 3. The Morgan fingerprint density at radius 2 is 1.71 bits per heavy atom. The second kappa shape index (κ2) is 15.7. The zero-order chi connectivity index (χ0) is 33.5. The molecule has 4 aromatic rings. The molecule has 10 nitrogen and oxygen atoms in total. The number of rotatable bonds is 12. The van der Waals surface area contributed by atoms with Gasteiger partial charge in [-0.2, -0.15) is 5.48 Å². The summed E-state index contributed by atoms with van der Waals surface area (Å²) in [5.74, 6) is 0.376. The molecule has 0 amide bonds. The second-order valence-corrected chi connectivity index (χ2v) is 12.5. The predicted octanol–water partition coefficient (Wildman–Crippen LogP) is 5.45. The minimum absolute atomic E-state index is 0.0310. The van der Waals surface area contributed by atoms with Crippen LogP contribution in [0.3, 0.4) is 0 Å². The first-order valence-corrected chi connectivity index (χ1v) is 17.1. The quantitative estimate of drug-likeness (QED) is 0.118. The number of methoxy groups -OCH3 is 1. The fraction of sp³-hybridized carbons (Fsp3) is 0.421. The summed E-state index contributed by atoms with van der Waals surface area (Å²) in [4.78, 5) is 33.3. The molecule has 1 aromatic heterocycles. The summed E-state index contributed by atoms with van der Waals surface area (Å²) in [6, 6.07) is 20.2. The van der Waals surface area contributed by atoms with Crippen molar-refractivity contribution in [3.05, 3.63) is 77.4 Å². The summed E-state index contributed by atoms with van der Waals surface area (Å²) in [7, 11) is 3.06. The van der Waals surface area contributed by atoms with Gasteiger partial charge < -0.3 is 29.0 Å². The van der Waals surface area contributed by atoms with Gasteiger partial charge in [0.2, 0.25) is 0 Å². The van der Waals surface area contributed by atoms with Crippen LogP contribution in [0.25, 0.3) is 22.2 Å². The third-order valence-corrected chi connectivity index (χ3v) is 9.48. The first-order valence-electron chi connectivity index (χ1n) is 17.1. The molecule has 1 saturated heterocycles. The molecule has 0 spiro atoms. The van der Waals surface area contributed by atoms with Gasteiger partial charge in [0.15, 0.2) is 5.69 Å². The van der Waals surface area contributed by atoms with E-state index in [2.05, 4.69) is 40.5 Å². The van der Waals surface area contributed by atoms with E-state index in [1.807, 2.05) is 34.9 Å². The van der Waals surface area contributed by atoms with Crippen LogP contribution >= 0.6 is 0 Å². The van der Waals surface area contributed by atoms with E-state index in [1.165, 1.54) is 37.6 Å². The number of nitrogens with one attached hydrogen (secondary N) is 1. The highest BCUT2D eigenvalue weighted by Gasteiger charge is 2.28. The number of esters is 2. The first kappa shape index (κ1) is 33.5. The van der Waals surface area contributed by atoms with Crippen molar-refractivity contribution in [3.63, 3.8) is 0 Å². The Labute approximate surface area is 282 Å². The van der Waals surface area contributed by atoms with Crippen molar-refractivity contribution in [3.8, 4) is 17.0 Å². The maximum Gasteiger partial charge on any atom is 0.338 e. The number of piperazine rings is 1. The molecule has 2 heterocycles. The molecule has 0 radical (unpaired) electrons. The van der Waals surface area contributed by atoms with E-state index in [-0.39, 0.29) is 18.5 Å². The lowest BCUT2D eigenvalue weighted by Gasteiger charge is -2.31. The lowest BCUT2D eigenvalue weighted by molar-refractivity contribution is -0.830. The Kier molecular flexibility index (Phi) is 10.9. The van der Waals surface area contributed by atoms with Crippen LogP contribution in [0.15, 0.2) is 60.7 Å². The predicted molar refractivity (Wildman–Crippen MR) is 186 cm³/mol. The van der Waals surface area contributed by atoms with Gasteiger partial charge in [0.1, 0.15) is 18.9 Å². The SMILES string of the molecule is CCOC(=O)c1ccc2c(C3CCCCC3)c(-c3ccc(OCc4cc([NH2+]OC)ccc4N4CCNCC4)cc3)n(CC(=O)OC)c2c1. The fourth-order valence-electron chi connectivity index (χ4n) is 7.21. The molecule has 0 bridgehead atoms. The second-order valence-electron chi connectivity index (χ2n) is 12.5. The van der Waals surface area contributed by atoms with Gasteiger partial charge in [-0.1, -0.05) is 25.3 Å². The minimum Gasteiger partial charge on any atom is -0.489 e. The first-order chi connectivity index (χ1) is 23.5. The van der Waals surface area contributed by atoms with Gasteiger partial charge in [-0.25, -0.2) is 9.63 Å². The van der Waals surface area contributed by atoms with Gasteiger partial charge in [-0.15, -0.1) is 0 Å². The summed E-state index contributed by atoms with van der Waals surface area (Å²) in [5, 5.41) is 4.49. The van der Waals surface area contributed by atoms with Crippen molar-refractivity contribution in [1.29, 1.82) is 0 Å². The maximum atomic E-state index is 12.8. The number of hydrogen-bond acceptors (Lipinski definition) is 8. The number of quaternary nitrogens is 1. The zero-order valence-electron chi connectivity index (χ0n) is 28.3. The molecule has 10 heteroatoms. The standard InChI is InChI=1S/C38H46N4O6/c1-4-47-38(44)28-12-16-32-34(23-28)42(24-35(43)45-2)37(36(32)26-8-6-5-7-9-26)27-10-14-31(15-11-27)48-25-29-22-30(40-46-3)13-17-33(29)41-20-18-39-19-21-41/h10-17,22-23,26,39-40H,4-9,18-21,24-25H2,1-3H3/p+1. The molecular weight excluding hydrogens is 608 g/mol. The van der Waals surface area contributed by atoms with Crippen molar-refractivity contribution in [2.24, 2.45) is 0 Å². The fourth-order valence-corrected chi connectivity index (χ4v) is 7.21. The molecule has 2 aliphatic rings. The van der Waals surface area contributed by atoms with Crippen molar-refractivity contribution in [1.82, 2.24) is 9.88 Å². The molecule has 0 atom stereocenters. The minimum atomic E-state index is -0.377. The Balaban J connectivity index is 1.36. The van der Waals surface area contributed by atoms with Gasteiger partial charge in [-0.3, -0.25) is 4.79 Å². The van der Waals surface area contributed by atoms with E-state index in [0.29, 0.717) is 24.7 Å². The van der Waals surface area contributed by atoms with Crippen LogP contribution in [0.1, 0.15) is 66.4 Å². The van der Waals surface area contributed by atoms with E-state index in [0.717, 1.165) is 78.2 Å². The number of ether oxygens (including phenoxy) is 3. The Morgan fingerprint density at radius 3 is 2.42 bits per heavy atom. The molecule has 254 valence electrons. The van der Waals surface area contributed by atoms with Gasteiger partial charge in [0.05, 0.1) is 37.6 Å². The van der Waals surface area contributed by atoms with Crippen molar-refractivity contribution < 1.29 is 34.1 Å². The molecule has 0 unspecified atom stereocenters. The van der Waals surface area contributed by atoms with Crippen LogP contribution in [0.4, 0.5) is 11.4 Å². The van der Waals surface area contributed by atoms with E-state index < -0.39 is 0 Å². The average Bonchev–Trinajstić information content (AvgIpc) is 3.44. The van der Waals surface area contributed by atoms with E-state index in [4.69, 9.17) is 19.0 Å². The molecular formula is C38H47N4O6+. The van der Waals surface area contributed by atoms with Crippen LogP contribution in [0.5, 0.6) is 5.75 Å². The number of fused-ring (bicyclic) bond motifs is 1. The summed E-state index contributed by atoms with van der Waals surface area (Å²) in [6.07, 6.45) is 5.73. The number of aromatic nitrogens is 1. The topological polar surface area (TPSA) is 108 Å². The normalized spacial score (nSPS) is 15.4. The average molecular weight is 656 g/mol. The van der Waals surface area contributed by atoms with Gasteiger partial charge in [-0.05, 0) is 79.3 Å². The number of carbonyl (C=O) groups excluding carboxylic acids is 2. The smallest absolute Gasteiger partial charge is 0.338 e. The van der Waals surface area contributed by atoms with Crippen LogP contribution in [0.2, 0.25) is 0 Å². The number of nitrogens with two attached hydrogens (primary N) is 1. The van der Waals surface area contributed by atoms with E-state index >= 15 is 0 Å². The Hall–Kier alpha value is -4.38. The summed E-state index contributed by atoms with van der Waals surface area (Å²) >= 11 is 0. The lowest BCUT2D eigenvalue weighted by Crippen LogP contribution is -2.75. The van der Waals surface area contributed by atoms with Crippen LogP contribution in [-0.4, -0.2) is 63.5 Å². The van der Waals surface area contributed by atoms with Crippen LogP contribution in [0, 0.1) is 0 Å². The van der Waals surface area contributed by atoms with Gasteiger partial charge in [0, 0.05) is 54.9 Å². The lowest BCUT2D eigenvalue weighted by atomic mass is 9.82. The van der Waals surface area contributed by atoms with Crippen LogP contribution in [-0.2, 0) is 32.3 Å². The van der Waals surface area contributed by atoms with Crippen LogP contribution < -0.4 is 20.4 Å². The highest BCUT2D eigenvalue weighted by atomic mass is 16.6. The number of carbonyl (C=O) groups is 2. The summed E-state index contributed by atoms with van der Waals surface area (Å²) in [5.41, 5.74) is 9.50. The molecule has 3 N–H and O–H groups in total. The van der Waals surface area contributed by atoms with Crippen molar-refractivity contribution >= 4 is 34.2 Å². The number of anilines is 1. The van der Waals surface area contributed by atoms with E-state index in [9.17, 15) is 9.59 Å². The molecule has 1 aliphatic heterocycles. The molecule has 2 fully saturated rings. The Bertz CT molecular complexity index is 1720. The molecule has 6 rings (SSSR count). The largest absolute Gasteiger partial charge is 0.489 e. The van der Waals surface area contributed by atoms with Gasteiger partial charge in [0.25, 0.3) is 0 Å². The zero-order valence-corrected chi connectivity index (χ0v) is 28.3. The Morgan fingerprint density at radius 1 is 0.938 bits per heavy atom. The third-order valence-electron chi connectivity index (χ3n) is 9.48. The number of hydrogen-bond donors (Lipinski definition) is 2. The van der Waals surface area contributed by atoms with Gasteiger partial charge >= 0.3 is 11.9 Å². The summed E-state index contributed by atoms with van der Waals surface area (Å²) < 4.78 is 18.9. The van der Waals surface area contributed by atoms with E-state index in [1.54, 1.807) is 19.5 Å².